The summed E-state index contributed by atoms with van der Waals surface area (Å²) in [6, 6.07) is 17.0. The fraction of sp³-hybridized carbons (Fsp3) is 0.235. The summed E-state index contributed by atoms with van der Waals surface area (Å²) in [6.45, 7) is 0. The first-order chi connectivity index (χ1) is 9.76. The van der Waals surface area contributed by atoms with Crippen molar-refractivity contribution in [2.45, 2.75) is 25.3 Å². The first-order valence-electron chi connectivity index (χ1n) is 6.79. The minimum absolute atomic E-state index is 0.453. The molecule has 0 spiro atoms. The third-order valence-electron chi connectivity index (χ3n) is 3.80. The van der Waals surface area contributed by atoms with Gasteiger partial charge in [-0.05, 0) is 64.5 Å². The highest BCUT2D eigenvalue weighted by atomic mass is 79.9. The van der Waals surface area contributed by atoms with Gasteiger partial charge >= 0.3 is 0 Å². The maximum Gasteiger partial charge on any atom is 0.0992 e. The summed E-state index contributed by atoms with van der Waals surface area (Å²) in [6.07, 6.45) is 3.33. The smallest absolute Gasteiger partial charge is 0.0992 e. The third kappa shape index (κ3) is 2.71. The topological polar surface area (TPSA) is 35.8 Å². The molecule has 1 aliphatic carbocycles. The number of aryl methyl sites for hydroxylation is 1. The number of benzene rings is 2. The highest BCUT2D eigenvalue weighted by Gasteiger charge is 2.18. The molecule has 0 aliphatic heterocycles. The van der Waals surface area contributed by atoms with E-state index in [-0.39, 0.29) is 0 Å². The van der Waals surface area contributed by atoms with Crippen LogP contribution in [0, 0.1) is 11.3 Å². The predicted molar refractivity (Wildman–Crippen MR) is 84.7 cm³/mol. The van der Waals surface area contributed by atoms with Gasteiger partial charge in [-0.2, -0.15) is 5.26 Å². The molecule has 0 amide bonds. The number of halogens is 1. The number of hydrogen-bond acceptors (Lipinski definition) is 2. The van der Waals surface area contributed by atoms with Gasteiger partial charge in [0.1, 0.15) is 0 Å². The summed E-state index contributed by atoms with van der Waals surface area (Å²) < 4.78 is 0.954. The van der Waals surface area contributed by atoms with E-state index in [2.05, 4.69) is 51.6 Å². The third-order valence-corrected chi connectivity index (χ3v) is 4.46. The van der Waals surface area contributed by atoms with E-state index in [0.717, 1.165) is 29.4 Å². The van der Waals surface area contributed by atoms with E-state index in [0.29, 0.717) is 11.6 Å². The van der Waals surface area contributed by atoms with Crippen molar-refractivity contribution in [1.29, 1.82) is 5.26 Å². The molecule has 2 nitrogen and oxygen atoms in total. The minimum atomic E-state index is 0.453. The van der Waals surface area contributed by atoms with Gasteiger partial charge < -0.3 is 5.32 Å². The Balaban J connectivity index is 1.75. The number of fused-ring (bicyclic) bond motifs is 1. The van der Waals surface area contributed by atoms with Crippen molar-refractivity contribution in [3.8, 4) is 6.07 Å². The molecule has 0 saturated carbocycles. The molecule has 2 aromatic carbocycles. The number of nitrogens with zero attached hydrogens (tertiary/aromatic N) is 1. The van der Waals surface area contributed by atoms with Crippen molar-refractivity contribution in [1.82, 2.24) is 0 Å². The van der Waals surface area contributed by atoms with E-state index >= 15 is 0 Å². The molecule has 0 radical (unpaired) electrons. The Bertz CT molecular complexity index is 673. The molecule has 0 saturated heterocycles. The van der Waals surface area contributed by atoms with Gasteiger partial charge in [0.15, 0.2) is 0 Å². The van der Waals surface area contributed by atoms with Crippen molar-refractivity contribution in [2.24, 2.45) is 0 Å². The van der Waals surface area contributed by atoms with E-state index in [4.69, 9.17) is 5.26 Å². The molecule has 1 aliphatic rings. The first kappa shape index (κ1) is 13.2. The molecule has 1 atom stereocenters. The highest BCUT2D eigenvalue weighted by Crippen LogP contribution is 2.28. The Labute approximate surface area is 127 Å². The van der Waals surface area contributed by atoms with Gasteiger partial charge in [0.2, 0.25) is 0 Å². The number of anilines is 1. The maximum atomic E-state index is 8.89. The lowest BCUT2D eigenvalue weighted by Crippen LogP contribution is -2.27. The van der Waals surface area contributed by atoms with Crippen LogP contribution in [-0.4, -0.2) is 6.04 Å². The Hall–Kier alpha value is -1.79. The van der Waals surface area contributed by atoms with Gasteiger partial charge in [0.25, 0.3) is 0 Å². The van der Waals surface area contributed by atoms with E-state index in [1.54, 1.807) is 0 Å². The van der Waals surface area contributed by atoms with E-state index in [1.165, 1.54) is 11.1 Å². The predicted octanol–water partition coefficient (Wildman–Crippen LogP) is 4.29. The summed E-state index contributed by atoms with van der Waals surface area (Å²) in [5.74, 6) is 0. The highest BCUT2D eigenvalue weighted by molar-refractivity contribution is 9.10. The Morgan fingerprint density at radius 2 is 1.95 bits per heavy atom. The van der Waals surface area contributed by atoms with Gasteiger partial charge in [-0.1, -0.05) is 24.3 Å². The summed E-state index contributed by atoms with van der Waals surface area (Å²) >= 11 is 3.53. The van der Waals surface area contributed by atoms with Crippen LogP contribution in [0.1, 0.15) is 23.1 Å². The lowest BCUT2D eigenvalue weighted by Gasteiger charge is -2.26. The number of nitrogens with one attached hydrogen (secondary N) is 1. The van der Waals surface area contributed by atoms with Crippen LogP contribution in [0.2, 0.25) is 0 Å². The quantitative estimate of drug-likeness (QED) is 0.893. The summed E-state index contributed by atoms with van der Waals surface area (Å²) in [4.78, 5) is 0. The second-order valence-electron chi connectivity index (χ2n) is 5.16. The average Bonchev–Trinajstić information content (AvgIpc) is 2.49. The van der Waals surface area contributed by atoms with Gasteiger partial charge in [0.05, 0.1) is 11.6 Å². The van der Waals surface area contributed by atoms with E-state index in [9.17, 15) is 0 Å². The second kappa shape index (κ2) is 5.68. The molecule has 20 heavy (non-hydrogen) atoms. The zero-order valence-electron chi connectivity index (χ0n) is 11.1. The molecule has 2 aromatic rings. The van der Waals surface area contributed by atoms with Crippen LogP contribution in [-0.2, 0) is 12.8 Å². The second-order valence-corrected chi connectivity index (χ2v) is 6.01. The zero-order chi connectivity index (χ0) is 13.9. The van der Waals surface area contributed by atoms with Crippen LogP contribution in [0.15, 0.2) is 46.9 Å². The first-order valence-corrected chi connectivity index (χ1v) is 7.58. The molecular formula is C17H15BrN2. The number of nitriles is 1. The van der Waals surface area contributed by atoms with Gasteiger partial charge in [-0.25, -0.2) is 0 Å². The Morgan fingerprint density at radius 3 is 2.70 bits per heavy atom. The largest absolute Gasteiger partial charge is 0.381 e. The standard InChI is InChI=1S/C17H15BrN2/c18-16-9-12(11-19)5-8-17(16)20-15-7-6-13-3-1-2-4-14(13)10-15/h1-5,8-9,15,20H,6-7,10H2. The SMILES string of the molecule is N#Cc1ccc(NC2CCc3ccccc3C2)c(Br)c1. The molecule has 0 heterocycles. The van der Waals surface area contributed by atoms with Crippen molar-refractivity contribution in [3.05, 3.63) is 63.6 Å². The van der Waals surface area contributed by atoms with Gasteiger partial charge in [-0.3, -0.25) is 0 Å². The van der Waals surface area contributed by atoms with Crippen molar-refractivity contribution < 1.29 is 0 Å². The molecule has 0 aromatic heterocycles. The summed E-state index contributed by atoms with van der Waals surface area (Å²) in [5.41, 5.74) is 4.66. The zero-order valence-corrected chi connectivity index (χ0v) is 12.7. The van der Waals surface area contributed by atoms with Crippen LogP contribution in [0.25, 0.3) is 0 Å². The molecule has 1 N–H and O–H groups in total. The van der Waals surface area contributed by atoms with Gasteiger partial charge in [0, 0.05) is 16.2 Å². The van der Waals surface area contributed by atoms with E-state index < -0.39 is 0 Å². The Morgan fingerprint density at radius 1 is 1.15 bits per heavy atom. The van der Waals surface area contributed by atoms with Gasteiger partial charge in [-0.15, -0.1) is 0 Å². The van der Waals surface area contributed by atoms with Crippen molar-refractivity contribution in [2.75, 3.05) is 5.32 Å². The van der Waals surface area contributed by atoms with E-state index in [1.807, 2.05) is 18.2 Å². The molecule has 3 rings (SSSR count). The van der Waals surface area contributed by atoms with Crippen molar-refractivity contribution >= 4 is 21.6 Å². The fourth-order valence-electron chi connectivity index (χ4n) is 2.74. The number of rotatable bonds is 2. The van der Waals surface area contributed by atoms with Crippen LogP contribution < -0.4 is 5.32 Å². The molecule has 1 unspecified atom stereocenters. The summed E-state index contributed by atoms with van der Waals surface area (Å²) in [5, 5.41) is 12.5. The minimum Gasteiger partial charge on any atom is -0.381 e. The fourth-order valence-corrected chi connectivity index (χ4v) is 3.24. The van der Waals surface area contributed by atoms with Crippen LogP contribution >= 0.6 is 15.9 Å². The van der Waals surface area contributed by atoms with Crippen molar-refractivity contribution in [3.63, 3.8) is 0 Å². The molecule has 3 heteroatoms. The molecule has 100 valence electrons. The molecule has 0 bridgehead atoms. The maximum absolute atomic E-state index is 8.89. The monoisotopic (exact) mass is 326 g/mol. The Kier molecular flexibility index (Phi) is 3.75. The molecule has 0 fully saturated rings. The lowest BCUT2D eigenvalue weighted by molar-refractivity contribution is 0.610. The lowest BCUT2D eigenvalue weighted by atomic mass is 9.88. The molecular weight excluding hydrogens is 312 g/mol. The average molecular weight is 327 g/mol. The summed E-state index contributed by atoms with van der Waals surface area (Å²) in [7, 11) is 0. The normalized spacial score (nSPS) is 17.1. The van der Waals surface area contributed by atoms with Crippen LogP contribution in [0.4, 0.5) is 5.69 Å². The number of hydrogen-bond donors (Lipinski definition) is 1. The van der Waals surface area contributed by atoms with Crippen LogP contribution in [0.5, 0.6) is 0 Å². The van der Waals surface area contributed by atoms with Crippen LogP contribution in [0.3, 0.4) is 0 Å².